The predicted octanol–water partition coefficient (Wildman–Crippen LogP) is 5.82. The molecular weight excluding hydrogens is 513 g/mol. The normalized spacial score (nSPS) is 16.1. The van der Waals surface area contributed by atoms with Crippen LogP contribution in [0.2, 0.25) is 10.0 Å². The van der Waals surface area contributed by atoms with Crippen molar-refractivity contribution in [2.24, 2.45) is 10.2 Å². The first kappa shape index (κ1) is 24.7. The first-order valence-electron chi connectivity index (χ1n) is 10.1. The van der Waals surface area contributed by atoms with Crippen LogP contribution in [0.4, 0.5) is 0 Å². The maximum absolute atomic E-state index is 13.2. The molecule has 0 unspecified atom stereocenters. The van der Waals surface area contributed by atoms with E-state index in [1.54, 1.807) is 48.5 Å². The van der Waals surface area contributed by atoms with Crippen LogP contribution in [0.15, 0.2) is 68.3 Å². The molecule has 3 aromatic rings. The summed E-state index contributed by atoms with van der Waals surface area (Å²) in [7, 11) is 2.87. The first-order valence-corrected chi connectivity index (χ1v) is 11.7. The van der Waals surface area contributed by atoms with Crippen LogP contribution in [0.5, 0.6) is 17.2 Å². The van der Waals surface area contributed by atoms with E-state index in [4.69, 9.17) is 37.1 Å². The lowest BCUT2D eigenvalue weighted by molar-refractivity contribution is -0.122. The van der Waals surface area contributed by atoms with Crippen LogP contribution in [-0.4, -0.2) is 41.5 Å². The van der Waals surface area contributed by atoms with Gasteiger partial charge in [0, 0.05) is 5.56 Å². The number of phenolic OH excluding ortho intramolecular Hbond substituents is 1. The quantitative estimate of drug-likeness (QED) is 0.234. The molecule has 1 aliphatic rings. The monoisotopic (exact) mass is 531 g/mol. The number of benzene rings is 2. The third-order valence-electron chi connectivity index (χ3n) is 4.90. The molecule has 0 spiro atoms. The van der Waals surface area contributed by atoms with Crippen LogP contribution in [0.3, 0.4) is 0 Å². The summed E-state index contributed by atoms with van der Waals surface area (Å²) in [6.45, 7) is 0.175. The van der Waals surface area contributed by atoms with Gasteiger partial charge in [-0.2, -0.15) is 5.10 Å². The van der Waals surface area contributed by atoms with E-state index >= 15 is 0 Å². The molecule has 0 radical (unpaired) electrons. The van der Waals surface area contributed by atoms with Crippen molar-refractivity contribution in [1.82, 2.24) is 4.90 Å². The first-order chi connectivity index (χ1) is 16.9. The second-order valence-corrected chi connectivity index (χ2v) is 8.92. The molecule has 1 fully saturated rings. The summed E-state index contributed by atoms with van der Waals surface area (Å²) < 4.78 is 15.7. The Balaban J connectivity index is 1.66. The number of furan rings is 1. The van der Waals surface area contributed by atoms with Gasteiger partial charge in [-0.1, -0.05) is 35.3 Å². The van der Waals surface area contributed by atoms with Gasteiger partial charge in [-0.3, -0.25) is 9.69 Å². The average Bonchev–Trinajstić information content (AvgIpc) is 3.47. The summed E-state index contributed by atoms with van der Waals surface area (Å²) in [6, 6.07) is 11.9. The Kier molecular flexibility index (Phi) is 7.70. The van der Waals surface area contributed by atoms with Gasteiger partial charge in [0.15, 0.2) is 16.7 Å². The van der Waals surface area contributed by atoms with Crippen molar-refractivity contribution in [2.45, 2.75) is 6.54 Å². The molecule has 0 bridgehead atoms. The maximum atomic E-state index is 13.2. The van der Waals surface area contributed by atoms with Crippen LogP contribution < -0.4 is 9.47 Å². The maximum Gasteiger partial charge on any atom is 0.267 e. The van der Waals surface area contributed by atoms with Crippen molar-refractivity contribution >= 4 is 58.3 Å². The van der Waals surface area contributed by atoms with Gasteiger partial charge >= 0.3 is 0 Å². The van der Waals surface area contributed by atoms with E-state index in [9.17, 15) is 9.90 Å². The predicted molar refractivity (Wildman–Crippen MR) is 138 cm³/mol. The van der Waals surface area contributed by atoms with Crippen molar-refractivity contribution in [1.29, 1.82) is 0 Å². The summed E-state index contributed by atoms with van der Waals surface area (Å²) in [4.78, 5) is 15.1. The fraction of sp³-hybridized carbons (Fsp3) is 0.125. The highest BCUT2D eigenvalue weighted by Crippen LogP contribution is 2.37. The van der Waals surface area contributed by atoms with Gasteiger partial charge in [0.1, 0.15) is 5.76 Å². The number of thioether (sulfide) groups is 1. The highest BCUT2D eigenvalue weighted by molar-refractivity contribution is 8.18. The largest absolute Gasteiger partial charge is 0.502 e. The van der Waals surface area contributed by atoms with Gasteiger partial charge in [-0.25, -0.2) is 0 Å². The minimum atomic E-state index is -0.274. The number of carbonyl (C=O) groups excluding carboxylic acids is 1. The molecule has 8 nitrogen and oxygen atoms in total. The number of methoxy groups -OCH3 is 2. The third kappa shape index (κ3) is 5.48. The molecule has 1 aromatic heterocycles. The van der Waals surface area contributed by atoms with Crippen LogP contribution in [0.25, 0.3) is 6.08 Å². The molecule has 2 aromatic carbocycles. The fourth-order valence-electron chi connectivity index (χ4n) is 3.19. The molecule has 1 amide bonds. The Labute approximate surface area is 215 Å². The molecule has 35 heavy (non-hydrogen) atoms. The summed E-state index contributed by atoms with van der Waals surface area (Å²) in [5.41, 5.74) is 1.19. The highest BCUT2D eigenvalue weighted by Gasteiger charge is 2.34. The van der Waals surface area contributed by atoms with Crippen molar-refractivity contribution < 1.29 is 23.8 Å². The Hall–Kier alpha value is -3.40. The number of hydrogen-bond acceptors (Lipinski definition) is 8. The zero-order valence-corrected chi connectivity index (χ0v) is 20.9. The zero-order chi connectivity index (χ0) is 24.9. The van der Waals surface area contributed by atoms with Crippen molar-refractivity contribution in [3.05, 3.63) is 80.6 Å². The van der Waals surface area contributed by atoms with Gasteiger partial charge < -0.3 is 19.0 Å². The van der Waals surface area contributed by atoms with Crippen LogP contribution in [-0.2, 0) is 11.3 Å². The summed E-state index contributed by atoms with van der Waals surface area (Å²) >= 11 is 13.6. The lowest BCUT2D eigenvalue weighted by Crippen LogP contribution is -2.28. The number of hydrogen-bond donors (Lipinski definition) is 1. The Bertz CT molecular complexity index is 1310. The van der Waals surface area contributed by atoms with E-state index in [0.717, 1.165) is 11.8 Å². The third-order valence-corrected chi connectivity index (χ3v) is 6.73. The van der Waals surface area contributed by atoms with E-state index in [1.807, 2.05) is 0 Å². The van der Waals surface area contributed by atoms with Crippen LogP contribution >= 0.6 is 35.0 Å². The van der Waals surface area contributed by atoms with Crippen molar-refractivity contribution in [3.8, 4) is 17.2 Å². The van der Waals surface area contributed by atoms with Gasteiger partial charge in [0.05, 0.1) is 48.2 Å². The number of nitrogens with zero attached hydrogens (tertiary/aromatic N) is 3. The number of amidine groups is 1. The molecule has 2 heterocycles. The van der Waals surface area contributed by atoms with Gasteiger partial charge in [-0.05, 0) is 53.7 Å². The van der Waals surface area contributed by atoms with E-state index in [-0.39, 0.29) is 29.7 Å². The van der Waals surface area contributed by atoms with Crippen molar-refractivity contribution in [2.75, 3.05) is 14.2 Å². The minimum absolute atomic E-state index is 0.116. The number of phenols is 1. The minimum Gasteiger partial charge on any atom is -0.502 e. The molecular formula is C24H19Cl2N3O5S. The molecule has 0 atom stereocenters. The summed E-state index contributed by atoms with van der Waals surface area (Å²) in [6.07, 6.45) is 4.66. The lowest BCUT2D eigenvalue weighted by atomic mass is 10.2. The molecule has 11 heteroatoms. The van der Waals surface area contributed by atoms with Gasteiger partial charge in [-0.15, -0.1) is 5.10 Å². The number of amides is 1. The highest BCUT2D eigenvalue weighted by atomic mass is 35.5. The Morgan fingerprint density at radius 2 is 1.89 bits per heavy atom. The van der Waals surface area contributed by atoms with Crippen molar-refractivity contribution in [3.63, 3.8) is 0 Å². The van der Waals surface area contributed by atoms with E-state index in [1.165, 1.54) is 31.6 Å². The Morgan fingerprint density at radius 3 is 2.54 bits per heavy atom. The topological polar surface area (TPSA) is 96.9 Å². The number of carbonyl (C=O) groups is 1. The molecule has 1 aliphatic heterocycles. The van der Waals surface area contributed by atoms with Crippen LogP contribution in [0.1, 0.15) is 16.9 Å². The van der Waals surface area contributed by atoms with E-state index in [0.29, 0.717) is 37.0 Å². The Morgan fingerprint density at radius 1 is 1.14 bits per heavy atom. The number of rotatable bonds is 7. The summed E-state index contributed by atoms with van der Waals surface area (Å²) in [5, 5.41) is 19.6. The lowest BCUT2D eigenvalue weighted by Gasteiger charge is -2.12. The second kappa shape index (κ2) is 10.9. The molecule has 1 N–H and O–H groups in total. The molecule has 0 saturated carbocycles. The molecule has 180 valence electrons. The molecule has 4 rings (SSSR count). The van der Waals surface area contributed by atoms with E-state index in [2.05, 4.69) is 10.2 Å². The van der Waals surface area contributed by atoms with Gasteiger partial charge in [0.2, 0.25) is 5.75 Å². The molecule has 1 saturated heterocycles. The second-order valence-electron chi connectivity index (χ2n) is 7.13. The SMILES string of the molecule is COc1cc(/C=N/N=C2\S/C(=C\c3cccc(Cl)c3Cl)C(=O)N2Cc2ccco2)cc(OC)c1O. The van der Waals surface area contributed by atoms with E-state index < -0.39 is 0 Å². The molecule has 0 aliphatic carbocycles. The summed E-state index contributed by atoms with van der Waals surface area (Å²) in [5.74, 6) is 0.656. The standard InChI is InChI=1S/C24H19Cl2N3O5S/c1-32-18-9-14(10-19(33-2)22(18)30)12-27-28-24-29(13-16-6-4-8-34-16)23(31)20(35-24)11-15-5-3-7-17(25)21(15)26/h3-12,30H,13H2,1-2H3/b20-11-,27-12+,28-24-. The number of aromatic hydroxyl groups is 1. The number of ether oxygens (including phenoxy) is 2. The van der Waals surface area contributed by atoms with Crippen LogP contribution in [0, 0.1) is 0 Å². The smallest absolute Gasteiger partial charge is 0.267 e. The zero-order valence-electron chi connectivity index (χ0n) is 18.6. The average molecular weight is 532 g/mol. The van der Waals surface area contributed by atoms with Gasteiger partial charge in [0.25, 0.3) is 5.91 Å². The number of halogens is 2. The fourth-order valence-corrected chi connectivity index (χ4v) is 4.47.